The van der Waals surface area contributed by atoms with Gasteiger partial charge in [0.2, 0.25) is 0 Å². The lowest BCUT2D eigenvalue weighted by molar-refractivity contribution is 0.548. The Hall–Kier alpha value is -1.30. The van der Waals surface area contributed by atoms with Crippen LogP contribution in [0.5, 0.6) is 0 Å². The van der Waals surface area contributed by atoms with E-state index in [2.05, 4.69) is 62.4 Å². The van der Waals surface area contributed by atoms with Crippen LogP contribution in [0.2, 0.25) is 0 Å². The SMILES string of the molecule is CCCCCCCCCCCCCC.c1ccc2ccccc2c1. The Morgan fingerprint density at radius 1 is 0.417 bits per heavy atom. The summed E-state index contributed by atoms with van der Waals surface area (Å²) >= 11 is 0. The number of unbranched alkanes of at least 4 members (excludes halogenated alkanes) is 11. The number of rotatable bonds is 11. The minimum atomic E-state index is 1.31. The minimum Gasteiger partial charge on any atom is -0.0654 e. The van der Waals surface area contributed by atoms with Crippen molar-refractivity contribution < 1.29 is 0 Å². The Balaban J connectivity index is 0.000000250. The van der Waals surface area contributed by atoms with Crippen LogP contribution in [0.25, 0.3) is 10.8 Å². The summed E-state index contributed by atoms with van der Waals surface area (Å²) in [5.41, 5.74) is 0. The molecule has 24 heavy (non-hydrogen) atoms. The van der Waals surface area contributed by atoms with Crippen molar-refractivity contribution in [1.82, 2.24) is 0 Å². The summed E-state index contributed by atoms with van der Waals surface area (Å²) < 4.78 is 0. The third-order valence-electron chi connectivity index (χ3n) is 4.62. The van der Waals surface area contributed by atoms with Gasteiger partial charge in [0, 0.05) is 0 Å². The predicted octanol–water partition coefficient (Wildman–Crippen LogP) is 8.55. The van der Waals surface area contributed by atoms with Crippen molar-refractivity contribution in [2.75, 3.05) is 0 Å². The van der Waals surface area contributed by atoms with Gasteiger partial charge in [-0.1, -0.05) is 139 Å². The normalized spacial score (nSPS) is 10.4. The van der Waals surface area contributed by atoms with Gasteiger partial charge >= 0.3 is 0 Å². The first-order chi connectivity index (χ1) is 11.9. The summed E-state index contributed by atoms with van der Waals surface area (Å²) in [6, 6.07) is 16.7. The molecule has 2 aromatic rings. The zero-order valence-corrected chi connectivity index (χ0v) is 16.1. The largest absolute Gasteiger partial charge is 0.0654 e. The van der Waals surface area contributed by atoms with Gasteiger partial charge in [-0.3, -0.25) is 0 Å². The number of benzene rings is 2. The van der Waals surface area contributed by atoms with E-state index in [1.54, 1.807) is 0 Å². The van der Waals surface area contributed by atoms with Crippen molar-refractivity contribution in [3.63, 3.8) is 0 Å². The minimum absolute atomic E-state index is 1.31. The van der Waals surface area contributed by atoms with Gasteiger partial charge in [0.15, 0.2) is 0 Å². The van der Waals surface area contributed by atoms with Crippen LogP contribution in [-0.2, 0) is 0 Å². The van der Waals surface area contributed by atoms with Crippen LogP contribution in [0.15, 0.2) is 48.5 Å². The first kappa shape index (κ1) is 20.7. The Morgan fingerprint density at radius 2 is 0.667 bits per heavy atom. The molecule has 2 aromatic carbocycles. The fourth-order valence-corrected chi connectivity index (χ4v) is 3.05. The predicted molar refractivity (Wildman–Crippen MR) is 111 cm³/mol. The Labute approximate surface area is 150 Å². The molecule has 0 amide bonds. The average molecular weight is 327 g/mol. The van der Waals surface area contributed by atoms with Gasteiger partial charge in [0.1, 0.15) is 0 Å². The molecule has 0 N–H and O–H groups in total. The van der Waals surface area contributed by atoms with Crippen molar-refractivity contribution in [2.24, 2.45) is 0 Å². The molecular formula is C24H38. The quantitative estimate of drug-likeness (QED) is 0.363. The molecule has 0 heteroatoms. The first-order valence-electron chi connectivity index (χ1n) is 10.3. The molecular weight excluding hydrogens is 288 g/mol. The molecule has 0 spiro atoms. The molecule has 0 atom stereocenters. The zero-order valence-electron chi connectivity index (χ0n) is 16.1. The van der Waals surface area contributed by atoms with Crippen LogP contribution in [0.3, 0.4) is 0 Å². The van der Waals surface area contributed by atoms with Gasteiger partial charge in [-0.2, -0.15) is 0 Å². The fourth-order valence-electron chi connectivity index (χ4n) is 3.05. The molecule has 0 heterocycles. The summed E-state index contributed by atoms with van der Waals surface area (Å²) in [6.07, 6.45) is 17.4. The molecule has 0 nitrogen and oxygen atoms in total. The highest BCUT2D eigenvalue weighted by Crippen LogP contribution is 2.12. The van der Waals surface area contributed by atoms with Crippen molar-refractivity contribution in [3.05, 3.63) is 48.5 Å². The molecule has 0 saturated heterocycles. The van der Waals surface area contributed by atoms with Gasteiger partial charge in [-0.15, -0.1) is 0 Å². The van der Waals surface area contributed by atoms with Gasteiger partial charge in [-0.25, -0.2) is 0 Å². The molecule has 0 aliphatic carbocycles. The summed E-state index contributed by atoms with van der Waals surface area (Å²) in [5.74, 6) is 0. The van der Waals surface area contributed by atoms with E-state index in [1.165, 1.54) is 87.8 Å². The number of hydrogen-bond acceptors (Lipinski definition) is 0. The molecule has 2 rings (SSSR count). The molecule has 0 fully saturated rings. The van der Waals surface area contributed by atoms with E-state index in [1.807, 2.05) is 0 Å². The molecule has 0 bridgehead atoms. The highest BCUT2D eigenvalue weighted by atomic mass is 14.0. The fraction of sp³-hybridized carbons (Fsp3) is 0.583. The number of fused-ring (bicyclic) bond motifs is 1. The highest BCUT2D eigenvalue weighted by Gasteiger charge is 1.91. The third kappa shape index (κ3) is 10.5. The second-order valence-corrected chi connectivity index (χ2v) is 6.88. The third-order valence-corrected chi connectivity index (χ3v) is 4.62. The molecule has 0 aromatic heterocycles. The molecule has 0 unspecified atom stereocenters. The van der Waals surface area contributed by atoms with Crippen molar-refractivity contribution in [3.8, 4) is 0 Å². The maximum absolute atomic E-state index is 2.29. The monoisotopic (exact) mass is 326 g/mol. The van der Waals surface area contributed by atoms with Crippen molar-refractivity contribution in [2.45, 2.75) is 90.9 Å². The van der Waals surface area contributed by atoms with Gasteiger partial charge in [-0.05, 0) is 10.8 Å². The molecule has 0 radical (unpaired) electrons. The van der Waals surface area contributed by atoms with E-state index in [9.17, 15) is 0 Å². The molecule has 0 aliphatic heterocycles. The smallest absolute Gasteiger partial charge is 0.0184 e. The second kappa shape index (κ2) is 15.2. The summed E-state index contributed by atoms with van der Waals surface area (Å²) in [5, 5.41) is 2.62. The van der Waals surface area contributed by atoms with Crippen molar-refractivity contribution in [1.29, 1.82) is 0 Å². The van der Waals surface area contributed by atoms with Gasteiger partial charge < -0.3 is 0 Å². The first-order valence-corrected chi connectivity index (χ1v) is 10.3. The lowest BCUT2D eigenvalue weighted by Crippen LogP contribution is -1.81. The Morgan fingerprint density at radius 3 is 0.917 bits per heavy atom. The maximum atomic E-state index is 2.29. The van der Waals surface area contributed by atoms with Crippen molar-refractivity contribution >= 4 is 10.8 Å². The van der Waals surface area contributed by atoms with E-state index in [-0.39, 0.29) is 0 Å². The lowest BCUT2D eigenvalue weighted by Gasteiger charge is -2.01. The average Bonchev–Trinajstić information content (AvgIpc) is 2.64. The lowest BCUT2D eigenvalue weighted by atomic mass is 10.1. The number of hydrogen-bond donors (Lipinski definition) is 0. The maximum Gasteiger partial charge on any atom is -0.0184 e. The van der Waals surface area contributed by atoms with Gasteiger partial charge in [0.25, 0.3) is 0 Å². The van der Waals surface area contributed by atoms with E-state index in [0.717, 1.165) is 0 Å². The second-order valence-electron chi connectivity index (χ2n) is 6.88. The Bertz CT molecular complexity index is 423. The van der Waals surface area contributed by atoms with E-state index in [0.29, 0.717) is 0 Å². The van der Waals surface area contributed by atoms with Crippen LogP contribution in [0.1, 0.15) is 90.9 Å². The Kier molecular flexibility index (Phi) is 13.2. The molecule has 0 aliphatic rings. The van der Waals surface area contributed by atoms with Crippen LogP contribution in [0.4, 0.5) is 0 Å². The summed E-state index contributed by atoms with van der Waals surface area (Å²) in [7, 11) is 0. The zero-order chi connectivity index (χ0) is 17.3. The highest BCUT2D eigenvalue weighted by molar-refractivity contribution is 5.81. The van der Waals surface area contributed by atoms with Crippen LogP contribution in [-0.4, -0.2) is 0 Å². The summed E-state index contributed by atoms with van der Waals surface area (Å²) in [4.78, 5) is 0. The van der Waals surface area contributed by atoms with E-state index < -0.39 is 0 Å². The van der Waals surface area contributed by atoms with E-state index in [4.69, 9.17) is 0 Å². The summed E-state index contributed by atoms with van der Waals surface area (Å²) in [6.45, 7) is 4.57. The molecule has 134 valence electrons. The van der Waals surface area contributed by atoms with Crippen LogP contribution in [0, 0.1) is 0 Å². The van der Waals surface area contributed by atoms with Gasteiger partial charge in [0.05, 0.1) is 0 Å². The van der Waals surface area contributed by atoms with Crippen LogP contribution < -0.4 is 0 Å². The standard InChI is InChI=1S/C14H30.C10H8/c1-3-5-7-9-11-13-14-12-10-8-6-4-2;1-2-6-10-8-4-3-7-9(10)5-1/h3-14H2,1-2H3;1-8H. The van der Waals surface area contributed by atoms with E-state index >= 15 is 0 Å². The van der Waals surface area contributed by atoms with Crippen LogP contribution >= 0.6 is 0 Å². The topological polar surface area (TPSA) is 0 Å². The molecule has 0 saturated carbocycles.